The molecule has 1 heterocycles. The average Bonchev–Trinajstić information content (AvgIpc) is 2.81. The maximum absolute atomic E-state index is 5.57. The van der Waals surface area contributed by atoms with Gasteiger partial charge in [-0.1, -0.05) is 26.0 Å². The average molecular weight is 261 g/mol. The van der Waals surface area contributed by atoms with E-state index in [2.05, 4.69) is 58.1 Å². The molecule has 0 saturated heterocycles. The van der Waals surface area contributed by atoms with Gasteiger partial charge in [-0.3, -0.25) is 0 Å². The van der Waals surface area contributed by atoms with Gasteiger partial charge >= 0.3 is 0 Å². The summed E-state index contributed by atoms with van der Waals surface area (Å²) in [5.74, 6) is 2.27. The minimum atomic E-state index is 0.194. The molecular weight excluding hydrogens is 234 g/mol. The minimum Gasteiger partial charge on any atom is -0.493 e. The van der Waals surface area contributed by atoms with Crippen molar-refractivity contribution in [3.63, 3.8) is 0 Å². The fourth-order valence-electron chi connectivity index (χ4n) is 2.46. The van der Waals surface area contributed by atoms with Crippen molar-refractivity contribution in [1.29, 1.82) is 0 Å². The van der Waals surface area contributed by atoms with E-state index >= 15 is 0 Å². The molecule has 0 saturated carbocycles. The van der Waals surface area contributed by atoms with Crippen LogP contribution < -0.4 is 10.1 Å². The van der Waals surface area contributed by atoms with Crippen molar-refractivity contribution in [3.05, 3.63) is 29.3 Å². The maximum Gasteiger partial charge on any atom is 0.122 e. The van der Waals surface area contributed by atoms with Gasteiger partial charge in [0.1, 0.15) is 5.75 Å². The number of ether oxygens (including phenoxy) is 1. The van der Waals surface area contributed by atoms with E-state index in [-0.39, 0.29) is 5.54 Å². The number of rotatable bonds is 4. The third-order valence-corrected chi connectivity index (χ3v) is 4.05. The summed E-state index contributed by atoms with van der Waals surface area (Å²) >= 11 is 0. The van der Waals surface area contributed by atoms with Gasteiger partial charge in [0.15, 0.2) is 0 Å². The first-order valence-electron chi connectivity index (χ1n) is 7.37. The summed E-state index contributed by atoms with van der Waals surface area (Å²) in [6.45, 7) is 13.2. The zero-order valence-corrected chi connectivity index (χ0v) is 12.9. The van der Waals surface area contributed by atoms with Gasteiger partial charge < -0.3 is 10.1 Å². The molecule has 106 valence electrons. The molecule has 19 heavy (non-hydrogen) atoms. The first kappa shape index (κ1) is 14.4. The van der Waals surface area contributed by atoms with Crippen LogP contribution in [0.2, 0.25) is 0 Å². The third kappa shape index (κ3) is 3.73. The smallest absolute Gasteiger partial charge is 0.122 e. The Bertz CT molecular complexity index is 433. The molecule has 2 heteroatoms. The Morgan fingerprint density at radius 1 is 1.26 bits per heavy atom. The fourth-order valence-corrected chi connectivity index (χ4v) is 2.46. The summed E-state index contributed by atoms with van der Waals surface area (Å²) in [6.07, 6.45) is 1.06. The predicted octanol–water partition coefficient (Wildman–Crippen LogP) is 3.75. The van der Waals surface area contributed by atoms with E-state index in [1.807, 2.05) is 0 Å². The van der Waals surface area contributed by atoms with Crippen molar-refractivity contribution in [2.45, 2.75) is 52.5 Å². The molecule has 0 spiro atoms. The molecule has 1 aromatic carbocycles. The summed E-state index contributed by atoms with van der Waals surface area (Å²) in [4.78, 5) is 0. The summed E-state index contributed by atoms with van der Waals surface area (Å²) in [6, 6.07) is 6.70. The van der Waals surface area contributed by atoms with Gasteiger partial charge in [-0.15, -0.1) is 0 Å². The molecule has 0 fully saturated rings. The highest BCUT2D eigenvalue weighted by molar-refractivity contribution is 5.40. The Morgan fingerprint density at radius 2 is 2.00 bits per heavy atom. The Labute approximate surface area is 117 Å². The SMILES string of the molecule is CC(CNC(C)(C)C)C(C)c1ccc2c(c1)CCO2. The van der Waals surface area contributed by atoms with Crippen molar-refractivity contribution in [2.75, 3.05) is 13.2 Å². The topological polar surface area (TPSA) is 21.3 Å². The first-order chi connectivity index (χ1) is 8.87. The van der Waals surface area contributed by atoms with Crippen LogP contribution in [-0.2, 0) is 6.42 Å². The molecule has 0 radical (unpaired) electrons. The highest BCUT2D eigenvalue weighted by atomic mass is 16.5. The second kappa shape index (κ2) is 5.54. The Balaban J connectivity index is 2.00. The zero-order valence-electron chi connectivity index (χ0n) is 12.9. The number of hydrogen-bond donors (Lipinski definition) is 1. The van der Waals surface area contributed by atoms with Crippen LogP contribution in [0.3, 0.4) is 0 Å². The van der Waals surface area contributed by atoms with E-state index in [0.29, 0.717) is 11.8 Å². The summed E-state index contributed by atoms with van der Waals surface area (Å²) in [5, 5.41) is 3.60. The largest absolute Gasteiger partial charge is 0.493 e. The van der Waals surface area contributed by atoms with Crippen LogP contribution in [0.15, 0.2) is 18.2 Å². The van der Waals surface area contributed by atoms with Crippen LogP contribution in [0.25, 0.3) is 0 Å². The van der Waals surface area contributed by atoms with Crippen molar-refractivity contribution < 1.29 is 4.74 Å². The van der Waals surface area contributed by atoms with E-state index in [0.717, 1.165) is 25.3 Å². The highest BCUT2D eigenvalue weighted by Gasteiger charge is 2.19. The van der Waals surface area contributed by atoms with E-state index in [1.54, 1.807) is 0 Å². The summed E-state index contributed by atoms with van der Waals surface area (Å²) in [5.41, 5.74) is 3.01. The molecule has 0 aliphatic carbocycles. The maximum atomic E-state index is 5.57. The normalized spacial score (nSPS) is 17.7. The fraction of sp³-hybridized carbons (Fsp3) is 0.647. The molecule has 2 atom stereocenters. The zero-order chi connectivity index (χ0) is 14.0. The first-order valence-corrected chi connectivity index (χ1v) is 7.37. The van der Waals surface area contributed by atoms with Crippen LogP contribution >= 0.6 is 0 Å². The van der Waals surface area contributed by atoms with Crippen LogP contribution in [0, 0.1) is 5.92 Å². The monoisotopic (exact) mass is 261 g/mol. The lowest BCUT2D eigenvalue weighted by Crippen LogP contribution is -2.39. The highest BCUT2D eigenvalue weighted by Crippen LogP contribution is 2.31. The Kier molecular flexibility index (Phi) is 4.19. The molecular formula is C17H27NO. The minimum absolute atomic E-state index is 0.194. The van der Waals surface area contributed by atoms with Gasteiger partial charge in [0.05, 0.1) is 6.61 Å². The molecule has 2 unspecified atom stereocenters. The van der Waals surface area contributed by atoms with E-state index in [4.69, 9.17) is 4.74 Å². The number of benzene rings is 1. The second-order valence-corrected chi connectivity index (χ2v) is 6.86. The molecule has 1 aliphatic heterocycles. The number of hydrogen-bond acceptors (Lipinski definition) is 2. The Hall–Kier alpha value is -1.02. The molecule has 1 N–H and O–H groups in total. The van der Waals surface area contributed by atoms with Gasteiger partial charge in [0, 0.05) is 12.0 Å². The number of nitrogens with one attached hydrogen (secondary N) is 1. The number of fused-ring (bicyclic) bond motifs is 1. The molecule has 0 amide bonds. The van der Waals surface area contributed by atoms with Gasteiger partial charge in [0.2, 0.25) is 0 Å². The Morgan fingerprint density at radius 3 is 2.68 bits per heavy atom. The lowest BCUT2D eigenvalue weighted by atomic mass is 9.87. The molecule has 1 aromatic rings. The standard InChI is InChI=1S/C17H27NO/c1-12(11-18-17(3,4)5)13(2)14-6-7-16-15(10-14)8-9-19-16/h6-7,10,12-13,18H,8-9,11H2,1-5H3. The molecule has 1 aliphatic rings. The van der Waals surface area contributed by atoms with Gasteiger partial charge in [0.25, 0.3) is 0 Å². The molecule has 2 rings (SSSR count). The second-order valence-electron chi connectivity index (χ2n) is 6.86. The lowest BCUT2D eigenvalue weighted by molar-refractivity contribution is 0.356. The van der Waals surface area contributed by atoms with Gasteiger partial charge in [-0.25, -0.2) is 0 Å². The van der Waals surface area contributed by atoms with Crippen molar-refractivity contribution in [3.8, 4) is 5.75 Å². The third-order valence-electron chi connectivity index (χ3n) is 4.05. The lowest BCUT2D eigenvalue weighted by Gasteiger charge is -2.27. The van der Waals surface area contributed by atoms with E-state index < -0.39 is 0 Å². The summed E-state index contributed by atoms with van der Waals surface area (Å²) < 4.78 is 5.57. The molecule has 2 nitrogen and oxygen atoms in total. The summed E-state index contributed by atoms with van der Waals surface area (Å²) in [7, 11) is 0. The predicted molar refractivity (Wildman–Crippen MR) is 81.0 cm³/mol. The van der Waals surface area contributed by atoms with Crippen molar-refractivity contribution in [1.82, 2.24) is 5.32 Å². The van der Waals surface area contributed by atoms with Gasteiger partial charge in [-0.2, -0.15) is 0 Å². The van der Waals surface area contributed by atoms with Gasteiger partial charge in [-0.05, 0) is 56.3 Å². The van der Waals surface area contributed by atoms with Crippen molar-refractivity contribution in [2.24, 2.45) is 5.92 Å². The molecule has 0 bridgehead atoms. The van der Waals surface area contributed by atoms with Crippen LogP contribution in [0.5, 0.6) is 5.75 Å². The quantitative estimate of drug-likeness (QED) is 0.891. The van der Waals surface area contributed by atoms with Crippen LogP contribution in [-0.4, -0.2) is 18.7 Å². The molecule has 0 aromatic heterocycles. The van der Waals surface area contributed by atoms with Crippen molar-refractivity contribution >= 4 is 0 Å². The van der Waals surface area contributed by atoms with Crippen LogP contribution in [0.1, 0.15) is 51.7 Å². The van der Waals surface area contributed by atoms with Crippen LogP contribution in [0.4, 0.5) is 0 Å². The van der Waals surface area contributed by atoms with E-state index in [1.165, 1.54) is 11.1 Å². The van der Waals surface area contributed by atoms with E-state index in [9.17, 15) is 0 Å².